The second kappa shape index (κ2) is 13.1. The third-order valence-electron chi connectivity index (χ3n) is 6.87. The summed E-state index contributed by atoms with van der Waals surface area (Å²) in [6.45, 7) is 8.51. The predicted molar refractivity (Wildman–Crippen MR) is 151 cm³/mol. The first kappa shape index (κ1) is 26.5. The van der Waals surface area contributed by atoms with Gasteiger partial charge in [0.2, 0.25) is 5.91 Å². The summed E-state index contributed by atoms with van der Waals surface area (Å²) in [5, 5.41) is 3.07. The zero-order chi connectivity index (χ0) is 26.0. The van der Waals surface area contributed by atoms with Crippen LogP contribution in [0.1, 0.15) is 53.8 Å². The molecule has 0 bridgehead atoms. The number of fused-ring (bicyclic) bond motifs is 1. The van der Waals surface area contributed by atoms with Crippen molar-refractivity contribution in [3.8, 4) is 5.75 Å². The van der Waals surface area contributed by atoms with Crippen LogP contribution in [0, 0.1) is 20.8 Å². The van der Waals surface area contributed by atoms with Gasteiger partial charge in [-0.2, -0.15) is 0 Å². The van der Waals surface area contributed by atoms with Crippen molar-refractivity contribution in [1.82, 2.24) is 14.9 Å². The van der Waals surface area contributed by atoms with Gasteiger partial charge in [0.05, 0.1) is 24.1 Å². The van der Waals surface area contributed by atoms with E-state index in [0.29, 0.717) is 13.0 Å². The molecule has 5 nitrogen and oxygen atoms in total. The lowest BCUT2D eigenvalue weighted by Crippen LogP contribution is -2.26. The maximum absolute atomic E-state index is 12.3. The molecule has 4 rings (SSSR count). The summed E-state index contributed by atoms with van der Waals surface area (Å²) >= 11 is 0. The topological polar surface area (TPSA) is 56.1 Å². The molecule has 3 aromatic carbocycles. The van der Waals surface area contributed by atoms with E-state index < -0.39 is 0 Å². The molecule has 0 fully saturated rings. The molecule has 0 aliphatic heterocycles. The number of rotatable bonds is 13. The zero-order valence-electron chi connectivity index (χ0n) is 22.4. The first-order valence-corrected chi connectivity index (χ1v) is 13.5. The summed E-state index contributed by atoms with van der Waals surface area (Å²) in [5.41, 5.74) is 6.89. The Morgan fingerprint density at radius 2 is 1.70 bits per heavy atom. The van der Waals surface area contributed by atoms with E-state index in [9.17, 15) is 4.79 Å². The van der Waals surface area contributed by atoms with E-state index in [1.807, 2.05) is 37.3 Å². The predicted octanol–water partition coefficient (Wildman–Crippen LogP) is 6.50. The number of unbranched alkanes of at least 4 members (excludes halogenated alkanes) is 2. The smallest absolute Gasteiger partial charge is 0.224 e. The third kappa shape index (κ3) is 7.45. The lowest BCUT2D eigenvalue weighted by atomic mass is 10.1. The zero-order valence-corrected chi connectivity index (χ0v) is 22.4. The molecule has 0 unspecified atom stereocenters. The number of carbonyl (C=O) groups is 1. The van der Waals surface area contributed by atoms with Crippen molar-refractivity contribution in [1.29, 1.82) is 0 Å². The molecule has 37 heavy (non-hydrogen) atoms. The Bertz CT molecular complexity index is 1320. The lowest BCUT2D eigenvalue weighted by molar-refractivity contribution is -0.120. The SMILES string of the molecule is Cc1ccc(C)c(OCCCn2c(CCCCCNC(=O)Cc3ccccc3C)nc3ccccc32)c1. The van der Waals surface area contributed by atoms with Crippen LogP contribution in [0.5, 0.6) is 5.75 Å². The van der Waals surface area contributed by atoms with Crippen LogP contribution in [-0.4, -0.2) is 28.6 Å². The summed E-state index contributed by atoms with van der Waals surface area (Å²) < 4.78 is 8.44. The van der Waals surface area contributed by atoms with E-state index in [4.69, 9.17) is 9.72 Å². The molecule has 5 heteroatoms. The van der Waals surface area contributed by atoms with Gasteiger partial charge in [0.1, 0.15) is 11.6 Å². The fourth-order valence-corrected chi connectivity index (χ4v) is 4.69. The fraction of sp³-hybridized carbons (Fsp3) is 0.375. The lowest BCUT2D eigenvalue weighted by Gasteiger charge is -2.12. The van der Waals surface area contributed by atoms with Gasteiger partial charge in [-0.05, 0) is 80.5 Å². The first-order valence-electron chi connectivity index (χ1n) is 13.5. The van der Waals surface area contributed by atoms with Crippen molar-refractivity contribution >= 4 is 16.9 Å². The fourth-order valence-electron chi connectivity index (χ4n) is 4.69. The molecule has 1 amide bonds. The molecular formula is C32H39N3O2. The van der Waals surface area contributed by atoms with Gasteiger partial charge >= 0.3 is 0 Å². The van der Waals surface area contributed by atoms with E-state index in [2.05, 4.69) is 60.1 Å². The van der Waals surface area contributed by atoms with Gasteiger partial charge in [-0.1, -0.05) is 55.0 Å². The second-order valence-electron chi connectivity index (χ2n) is 9.90. The summed E-state index contributed by atoms with van der Waals surface area (Å²) in [4.78, 5) is 17.2. The highest BCUT2D eigenvalue weighted by Gasteiger charge is 2.11. The van der Waals surface area contributed by atoms with Crippen LogP contribution in [-0.2, 0) is 24.2 Å². The standard InChI is InChI=1S/C32H39N3O2/c1-24-17-18-26(3)30(22-24)37-21-11-20-35-29-15-9-8-14-28(29)34-31(35)16-5-4-10-19-33-32(36)23-27-13-7-6-12-25(27)2/h6-9,12-15,17-18,22H,4-5,10-11,16,19-21,23H2,1-3H3,(H,33,36). The van der Waals surface area contributed by atoms with Gasteiger partial charge in [0.15, 0.2) is 0 Å². The monoisotopic (exact) mass is 497 g/mol. The van der Waals surface area contributed by atoms with E-state index in [0.717, 1.165) is 73.4 Å². The van der Waals surface area contributed by atoms with Crippen molar-refractivity contribution in [2.75, 3.05) is 13.2 Å². The quantitative estimate of drug-likeness (QED) is 0.214. The number of benzene rings is 3. The molecule has 1 heterocycles. The summed E-state index contributed by atoms with van der Waals surface area (Å²) in [5.74, 6) is 2.21. The van der Waals surface area contributed by atoms with Crippen LogP contribution < -0.4 is 10.1 Å². The molecule has 1 N–H and O–H groups in total. The van der Waals surface area contributed by atoms with Gasteiger partial charge in [-0.25, -0.2) is 4.98 Å². The van der Waals surface area contributed by atoms with E-state index in [1.54, 1.807) is 0 Å². The Labute approximate surface area is 220 Å². The molecule has 0 aliphatic rings. The van der Waals surface area contributed by atoms with Crippen molar-refractivity contribution in [2.45, 2.75) is 65.8 Å². The Kier molecular flexibility index (Phi) is 9.36. The number of aromatic nitrogens is 2. The summed E-state index contributed by atoms with van der Waals surface area (Å²) in [6.07, 6.45) is 5.39. The Morgan fingerprint density at radius 3 is 2.57 bits per heavy atom. The maximum Gasteiger partial charge on any atom is 0.224 e. The Balaban J connectivity index is 1.23. The molecule has 0 saturated heterocycles. The summed E-state index contributed by atoms with van der Waals surface area (Å²) in [6, 6.07) is 22.8. The second-order valence-corrected chi connectivity index (χ2v) is 9.90. The molecule has 0 spiro atoms. The third-order valence-corrected chi connectivity index (χ3v) is 6.87. The number of hydrogen-bond donors (Lipinski definition) is 1. The van der Waals surface area contributed by atoms with Gasteiger partial charge in [0, 0.05) is 19.5 Å². The molecule has 0 saturated carbocycles. The Morgan fingerprint density at radius 1 is 0.892 bits per heavy atom. The number of ether oxygens (including phenoxy) is 1. The minimum absolute atomic E-state index is 0.0965. The van der Waals surface area contributed by atoms with Crippen molar-refractivity contribution in [3.05, 3.63) is 94.8 Å². The molecule has 1 aromatic heterocycles. The molecule has 194 valence electrons. The maximum atomic E-state index is 12.3. The normalized spacial score (nSPS) is 11.1. The minimum Gasteiger partial charge on any atom is -0.493 e. The number of nitrogens with one attached hydrogen (secondary N) is 1. The van der Waals surface area contributed by atoms with Crippen molar-refractivity contribution in [2.24, 2.45) is 0 Å². The van der Waals surface area contributed by atoms with E-state index in [1.165, 1.54) is 16.6 Å². The highest BCUT2D eigenvalue weighted by molar-refractivity contribution is 5.78. The number of amides is 1. The first-order chi connectivity index (χ1) is 18.0. The number of imidazole rings is 1. The van der Waals surface area contributed by atoms with E-state index >= 15 is 0 Å². The van der Waals surface area contributed by atoms with Gasteiger partial charge in [-0.3, -0.25) is 4.79 Å². The van der Waals surface area contributed by atoms with Gasteiger partial charge in [0.25, 0.3) is 0 Å². The average Bonchev–Trinajstić information content (AvgIpc) is 3.24. The summed E-state index contributed by atoms with van der Waals surface area (Å²) in [7, 11) is 0. The van der Waals surface area contributed by atoms with E-state index in [-0.39, 0.29) is 5.91 Å². The number of hydrogen-bond acceptors (Lipinski definition) is 3. The number of aryl methyl sites for hydroxylation is 5. The van der Waals surface area contributed by atoms with Crippen LogP contribution in [0.25, 0.3) is 11.0 Å². The highest BCUT2D eigenvalue weighted by atomic mass is 16.5. The average molecular weight is 498 g/mol. The van der Waals surface area contributed by atoms with Gasteiger partial charge in [-0.15, -0.1) is 0 Å². The number of para-hydroxylation sites is 2. The number of carbonyl (C=O) groups excluding carboxylic acids is 1. The Hall–Kier alpha value is -3.60. The minimum atomic E-state index is 0.0965. The number of nitrogens with zero attached hydrogens (tertiary/aromatic N) is 2. The van der Waals surface area contributed by atoms with Crippen LogP contribution in [0.2, 0.25) is 0 Å². The molecule has 4 aromatic rings. The van der Waals surface area contributed by atoms with Crippen LogP contribution in [0.4, 0.5) is 0 Å². The van der Waals surface area contributed by atoms with Crippen LogP contribution >= 0.6 is 0 Å². The molecular weight excluding hydrogens is 458 g/mol. The largest absolute Gasteiger partial charge is 0.493 e. The van der Waals surface area contributed by atoms with Crippen LogP contribution in [0.15, 0.2) is 66.7 Å². The molecule has 0 radical (unpaired) electrons. The highest BCUT2D eigenvalue weighted by Crippen LogP contribution is 2.21. The van der Waals surface area contributed by atoms with Crippen LogP contribution in [0.3, 0.4) is 0 Å². The van der Waals surface area contributed by atoms with Crippen molar-refractivity contribution < 1.29 is 9.53 Å². The van der Waals surface area contributed by atoms with Gasteiger partial charge < -0.3 is 14.6 Å². The molecule has 0 atom stereocenters. The van der Waals surface area contributed by atoms with Crippen molar-refractivity contribution in [3.63, 3.8) is 0 Å². The molecule has 0 aliphatic carbocycles.